The van der Waals surface area contributed by atoms with Gasteiger partial charge in [-0.3, -0.25) is 0 Å². The van der Waals surface area contributed by atoms with Crippen LogP contribution in [0.4, 0.5) is 0 Å². The minimum atomic E-state index is -0.176. The molecular formula is C23H29N3O2. The molecular weight excluding hydrogens is 350 g/mol. The summed E-state index contributed by atoms with van der Waals surface area (Å²) in [7, 11) is 0. The molecule has 28 heavy (non-hydrogen) atoms. The Hall–Kier alpha value is -2.43. The van der Waals surface area contributed by atoms with Crippen molar-refractivity contribution in [1.82, 2.24) is 9.78 Å². The third-order valence-corrected chi connectivity index (χ3v) is 5.92. The number of nitrogens with zero attached hydrogens (tertiary/aromatic N) is 3. The number of hydrogen-bond acceptors (Lipinski definition) is 4. The zero-order valence-electron chi connectivity index (χ0n) is 17.1. The van der Waals surface area contributed by atoms with E-state index in [2.05, 4.69) is 31.1 Å². The Morgan fingerprint density at radius 2 is 1.86 bits per heavy atom. The maximum atomic E-state index is 12.5. The summed E-state index contributed by atoms with van der Waals surface area (Å²) in [6, 6.07) is 10.2. The van der Waals surface area contributed by atoms with Crippen molar-refractivity contribution in [2.24, 2.45) is 16.5 Å². The highest BCUT2D eigenvalue weighted by Crippen LogP contribution is 2.37. The third-order valence-electron chi connectivity index (χ3n) is 5.92. The maximum absolute atomic E-state index is 12.5. The molecule has 1 saturated carbocycles. The van der Waals surface area contributed by atoms with Crippen LogP contribution in [0.25, 0.3) is 5.69 Å². The molecule has 1 heterocycles. The zero-order valence-corrected chi connectivity index (χ0v) is 17.1. The number of benzene rings is 1. The summed E-state index contributed by atoms with van der Waals surface area (Å²) < 4.78 is 2.02. The van der Waals surface area contributed by atoms with E-state index >= 15 is 0 Å². The molecule has 0 radical (unpaired) electrons. The van der Waals surface area contributed by atoms with Gasteiger partial charge in [-0.25, -0.2) is 9.48 Å². The van der Waals surface area contributed by atoms with E-state index in [0.717, 1.165) is 66.9 Å². The molecule has 2 aliphatic rings. The van der Waals surface area contributed by atoms with Gasteiger partial charge in [0.05, 0.1) is 28.7 Å². The number of aryl methyl sites for hydroxylation is 1. The van der Waals surface area contributed by atoms with Crippen LogP contribution in [0.3, 0.4) is 0 Å². The molecule has 2 aliphatic carbocycles. The molecule has 0 aliphatic heterocycles. The number of carbonyl (C=O) groups is 1. The van der Waals surface area contributed by atoms with Crippen molar-refractivity contribution in [3.8, 4) is 5.69 Å². The standard InChI is InChI=1S/C23H29N3O2/c1-16-21-19(25-28-22(27)17-10-6-4-7-11-17)14-23(2,3)15-20(21)26(24-16)18-12-8-5-9-13-18/h5,8-9,12-13,17H,4,6-7,10-11,14-15H2,1-3H3/b25-19+. The lowest BCUT2D eigenvalue weighted by atomic mass is 9.75. The summed E-state index contributed by atoms with van der Waals surface area (Å²) >= 11 is 0. The van der Waals surface area contributed by atoms with Crippen molar-refractivity contribution in [2.45, 2.75) is 65.7 Å². The number of aromatic nitrogens is 2. The van der Waals surface area contributed by atoms with Gasteiger partial charge in [0.1, 0.15) is 0 Å². The van der Waals surface area contributed by atoms with E-state index in [4.69, 9.17) is 9.94 Å². The molecule has 0 unspecified atom stereocenters. The van der Waals surface area contributed by atoms with Gasteiger partial charge in [0, 0.05) is 5.56 Å². The normalized spacial score (nSPS) is 20.8. The van der Waals surface area contributed by atoms with Gasteiger partial charge >= 0.3 is 5.97 Å². The lowest BCUT2D eigenvalue weighted by molar-refractivity contribution is -0.149. The topological polar surface area (TPSA) is 56.5 Å². The van der Waals surface area contributed by atoms with Crippen molar-refractivity contribution in [3.63, 3.8) is 0 Å². The minimum Gasteiger partial charge on any atom is -0.318 e. The van der Waals surface area contributed by atoms with Crippen LogP contribution in [-0.4, -0.2) is 21.5 Å². The molecule has 0 saturated heterocycles. The number of fused-ring (bicyclic) bond motifs is 1. The Morgan fingerprint density at radius 3 is 2.57 bits per heavy atom. The van der Waals surface area contributed by atoms with Crippen molar-refractivity contribution in [1.29, 1.82) is 0 Å². The first-order valence-corrected chi connectivity index (χ1v) is 10.4. The number of carbonyl (C=O) groups excluding carboxylic acids is 1. The van der Waals surface area contributed by atoms with Gasteiger partial charge in [0.15, 0.2) is 0 Å². The van der Waals surface area contributed by atoms with Crippen LogP contribution in [0, 0.1) is 18.3 Å². The Morgan fingerprint density at radius 1 is 1.14 bits per heavy atom. The van der Waals surface area contributed by atoms with Crippen LogP contribution in [0.5, 0.6) is 0 Å². The molecule has 1 fully saturated rings. The van der Waals surface area contributed by atoms with Gasteiger partial charge in [-0.05, 0) is 50.2 Å². The molecule has 0 bridgehead atoms. The van der Waals surface area contributed by atoms with E-state index in [-0.39, 0.29) is 17.3 Å². The van der Waals surface area contributed by atoms with Gasteiger partial charge in [0.2, 0.25) is 0 Å². The molecule has 0 N–H and O–H groups in total. The van der Waals surface area contributed by atoms with Crippen LogP contribution in [-0.2, 0) is 16.1 Å². The molecule has 2 aromatic rings. The van der Waals surface area contributed by atoms with E-state index in [1.54, 1.807) is 0 Å². The Kier molecular flexibility index (Phi) is 5.09. The van der Waals surface area contributed by atoms with Crippen LogP contribution >= 0.6 is 0 Å². The maximum Gasteiger partial charge on any atom is 0.338 e. The summed E-state index contributed by atoms with van der Waals surface area (Å²) in [4.78, 5) is 17.9. The zero-order chi connectivity index (χ0) is 19.7. The van der Waals surface area contributed by atoms with Crippen LogP contribution in [0.1, 0.15) is 69.3 Å². The SMILES string of the molecule is Cc1nn(-c2ccccc2)c2c1/C(=N/OC(=O)C1CCCCC1)CC(C)(C)C2. The number of para-hydroxylation sites is 1. The highest BCUT2D eigenvalue weighted by molar-refractivity contribution is 6.04. The van der Waals surface area contributed by atoms with E-state index in [1.165, 1.54) is 6.42 Å². The van der Waals surface area contributed by atoms with Crippen molar-refractivity contribution < 1.29 is 9.63 Å². The first kappa shape index (κ1) is 18.9. The third kappa shape index (κ3) is 3.75. The molecule has 0 atom stereocenters. The van der Waals surface area contributed by atoms with E-state index in [1.807, 2.05) is 29.8 Å². The molecule has 4 rings (SSSR count). The molecule has 1 aromatic heterocycles. The molecule has 1 aromatic carbocycles. The number of hydrogen-bond donors (Lipinski definition) is 0. The smallest absolute Gasteiger partial charge is 0.318 e. The predicted octanol–water partition coefficient (Wildman–Crippen LogP) is 4.98. The molecule has 148 valence electrons. The molecule has 0 amide bonds. The van der Waals surface area contributed by atoms with Gasteiger partial charge < -0.3 is 4.84 Å². The van der Waals surface area contributed by atoms with Crippen molar-refractivity contribution in [3.05, 3.63) is 47.3 Å². The first-order valence-electron chi connectivity index (χ1n) is 10.4. The second-order valence-corrected chi connectivity index (χ2v) is 8.96. The largest absolute Gasteiger partial charge is 0.338 e. The highest BCUT2D eigenvalue weighted by atomic mass is 16.7. The summed E-state index contributed by atoms with van der Waals surface area (Å²) in [6.07, 6.45) is 6.96. The van der Waals surface area contributed by atoms with Gasteiger partial charge in [0.25, 0.3) is 0 Å². The summed E-state index contributed by atoms with van der Waals surface area (Å²) in [5, 5.41) is 9.17. The fourth-order valence-corrected chi connectivity index (χ4v) is 4.54. The molecule has 5 nitrogen and oxygen atoms in total. The summed E-state index contributed by atoms with van der Waals surface area (Å²) in [6.45, 7) is 6.47. The van der Waals surface area contributed by atoms with E-state index in [0.29, 0.717) is 0 Å². The van der Waals surface area contributed by atoms with Crippen LogP contribution < -0.4 is 0 Å². The number of oxime groups is 1. The second kappa shape index (κ2) is 7.53. The first-order chi connectivity index (χ1) is 13.4. The Bertz CT molecular complexity index is 890. The van der Waals surface area contributed by atoms with Gasteiger partial charge in [-0.2, -0.15) is 5.10 Å². The fraction of sp³-hybridized carbons (Fsp3) is 0.522. The summed E-state index contributed by atoms with van der Waals surface area (Å²) in [5.74, 6) is -0.174. The molecule has 0 spiro atoms. The van der Waals surface area contributed by atoms with Crippen molar-refractivity contribution >= 4 is 11.7 Å². The average Bonchev–Trinajstić information content (AvgIpc) is 3.02. The van der Waals surface area contributed by atoms with Gasteiger partial charge in [-0.15, -0.1) is 0 Å². The van der Waals surface area contributed by atoms with Crippen molar-refractivity contribution in [2.75, 3.05) is 0 Å². The Balaban J connectivity index is 1.67. The Labute approximate surface area is 166 Å². The van der Waals surface area contributed by atoms with Gasteiger partial charge in [-0.1, -0.05) is 56.5 Å². The predicted molar refractivity (Wildman–Crippen MR) is 110 cm³/mol. The minimum absolute atomic E-state index is 0.00214. The lowest BCUT2D eigenvalue weighted by Gasteiger charge is -2.31. The van der Waals surface area contributed by atoms with E-state index < -0.39 is 0 Å². The highest BCUT2D eigenvalue weighted by Gasteiger charge is 2.35. The monoisotopic (exact) mass is 379 g/mol. The molecule has 5 heteroatoms. The number of rotatable bonds is 3. The summed E-state index contributed by atoms with van der Waals surface area (Å²) in [5.41, 5.74) is 5.04. The second-order valence-electron chi connectivity index (χ2n) is 8.96. The van der Waals surface area contributed by atoms with Crippen LogP contribution in [0.15, 0.2) is 35.5 Å². The average molecular weight is 380 g/mol. The quantitative estimate of drug-likeness (QED) is 0.558. The fourth-order valence-electron chi connectivity index (χ4n) is 4.54. The lowest BCUT2D eigenvalue weighted by Crippen LogP contribution is -2.29. The van der Waals surface area contributed by atoms with Crippen LogP contribution in [0.2, 0.25) is 0 Å². The van der Waals surface area contributed by atoms with E-state index in [9.17, 15) is 4.79 Å².